The monoisotopic (exact) mass is 318 g/mol. The molecule has 0 amide bonds. The number of aromatic nitrogens is 3. The molecule has 2 aromatic rings. The van der Waals surface area contributed by atoms with Gasteiger partial charge in [0.15, 0.2) is 5.82 Å². The van der Waals surface area contributed by atoms with Crippen LogP contribution in [-0.4, -0.2) is 46.0 Å². The average Bonchev–Trinajstić information content (AvgIpc) is 3.24. The van der Waals surface area contributed by atoms with Crippen LogP contribution in [0.25, 0.3) is 0 Å². The van der Waals surface area contributed by atoms with Crippen molar-refractivity contribution in [3.05, 3.63) is 28.7 Å². The molecule has 23 heavy (non-hydrogen) atoms. The van der Waals surface area contributed by atoms with Gasteiger partial charge in [0.1, 0.15) is 5.76 Å². The van der Waals surface area contributed by atoms with Gasteiger partial charge in [-0.1, -0.05) is 10.3 Å². The van der Waals surface area contributed by atoms with Crippen LogP contribution in [-0.2, 0) is 17.7 Å². The molecule has 0 bridgehead atoms. The lowest BCUT2D eigenvalue weighted by Gasteiger charge is -2.18. The fourth-order valence-corrected chi connectivity index (χ4v) is 3.82. The number of hydrogen-bond acceptors (Lipinski definition) is 7. The Morgan fingerprint density at radius 1 is 1.13 bits per heavy atom. The molecular weight excluding hydrogens is 296 g/mol. The number of hydrogen-bond donors (Lipinski definition) is 0. The van der Waals surface area contributed by atoms with Gasteiger partial charge in [-0.2, -0.15) is 4.98 Å². The van der Waals surface area contributed by atoms with E-state index >= 15 is 0 Å². The van der Waals surface area contributed by atoms with Crippen molar-refractivity contribution in [2.75, 3.05) is 19.7 Å². The van der Waals surface area contributed by atoms with E-state index in [9.17, 15) is 0 Å². The molecule has 0 unspecified atom stereocenters. The van der Waals surface area contributed by atoms with Crippen LogP contribution in [0, 0.1) is 32.6 Å². The first-order chi connectivity index (χ1) is 11.1. The Hall–Kier alpha value is -1.73. The smallest absolute Gasteiger partial charge is 0.227 e. The Bertz CT molecular complexity index is 676. The molecule has 2 aliphatic heterocycles. The Labute approximate surface area is 135 Å². The van der Waals surface area contributed by atoms with E-state index in [2.05, 4.69) is 20.2 Å². The average molecular weight is 318 g/mol. The van der Waals surface area contributed by atoms with Gasteiger partial charge < -0.3 is 13.8 Å². The van der Waals surface area contributed by atoms with Crippen molar-refractivity contribution in [1.82, 2.24) is 20.2 Å². The van der Waals surface area contributed by atoms with Crippen molar-refractivity contribution >= 4 is 0 Å². The van der Waals surface area contributed by atoms with Crippen LogP contribution in [0.15, 0.2) is 9.05 Å². The summed E-state index contributed by atoms with van der Waals surface area (Å²) >= 11 is 0. The molecule has 0 radical (unpaired) electrons. The van der Waals surface area contributed by atoms with Gasteiger partial charge in [0, 0.05) is 37.5 Å². The summed E-state index contributed by atoms with van der Waals surface area (Å²) < 4.78 is 16.5. The lowest BCUT2D eigenvalue weighted by Crippen LogP contribution is -2.25. The molecular formula is C16H22N4O3. The van der Waals surface area contributed by atoms with E-state index in [0.717, 1.165) is 50.0 Å². The van der Waals surface area contributed by atoms with Gasteiger partial charge in [-0.25, -0.2) is 0 Å². The fraction of sp³-hybridized carbons (Fsp3) is 0.688. The van der Waals surface area contributed by atoms with Crippen molar-refractivity contribution in [2.45, 2.75) is 39.8 Å². The molecule has 7 heteroatoms. The van der Waals surface area contributed by atoms with E-state index in [4.69, 9.17) is 13.8 Å². The highest BCUT2D eigenvalue weighted by Crippen LogP contribution is 2.36. The minimum absolute atomic E-state index is 0.310. The largest absolute Gasteiger partial charge is 0.376 e. The number of likely N-dealkylation sites (tertiary alicyclic amines) is 1. The summed E-state index contributed by atoms with van der Waals surface area (Å²) in [6.07, 6.45) is 1.12. The molecule has 2 fully saturated rings. The summed E-state index contributed by atoms with van der Waals surface area (Å²) in [6, 6.07) is 0. The summed E-state index contributed by atoms with van der Waals surface area (Å²) in [5.74, 6) is 3.32. The molecule has 0 saturated carbocycles. The van der Waals surface area contributed by atoms with Crippen LogP contribution < -0.4 is 0 Å². The predicted molar refractivity (Wildman–Crippen MR) is 80.7 cm³/mol. The van der Waals surface area contributed by atoms with E-state index in [1.165, 1.54) is 5.56 Å². The molecule has 4 rings (SSSR count). The molecule has 0 aromatic carbocycles. The zero-order valence-corrected chi connectivity index (χ0v) is 13.8. The maximum Gasteiger partial charge on any atom is 0.227 e. The molecule has 124 valence electrons. The minimum atomic E-state index is 0.310. The Kier molecular flexibility index (Phi) is 3.69. The topological polar surface area (TPSA) is 77.4 Å². The second-order valence-electron chi connectivity index (χ2n) is 6.73. The molecule has 0 N–H and O–H groups in total. The minimum Gasteiger partial charge on any atom is -0.376 e. The van der Waals surface area contributed by atoms with E-state index in [1.807, 2.05) is 20.8 Å². The van der Waals surface area contributed by atoms with E-state index in [0.29, 0.717) is 23.8 Å². The van der Waals surface area contributed by atoms with Crippen LogP contribution in [0.5, 0.6) is 0 Å². The van der Waals surface area contributed by atoms with Gasteiger partial charge in [0.2, 0.25) is 5.89 Å². The highest BCUT2D eigenvalue weighted by molar-refractivity contribution is 5.21. The van der Waals surface area contributed by atoms with E-state index < -0.39 is 0 Å². The number of nitrogens with zero attached hydrogens (tertiary/aromatic N) is 4. The molecule has 2 aliphatic rings. The lowest BCUT2D eigenvalue weighted by molar-refractivity contribution is 0.0934. The molecule has 2 aromatic heterocycles. The maximum atomic E-state index is 6.01. The van der Waals surface area contributed by atoms with Gasteiger partial charge in [0.25, 0.3) is 0 Å². The van der Waals surface area contributed by atoms with Crippen molar-refractivity contribution in [3.8, 4) is 0 Å². The number of rotatable bonds is 4. The molecule has 7 nitrogen and oxygen atoms in total. The molecule has 4 heterocycles. The fourth-order valence-electron chi connectivity index (χ4n) is 3.82. The molecule has 0 aliphatic carbocycles. The third kappa shape index (κ3) is 2.79. The molecule has 2 saturated heterocycles. The summed E-state index contributed by atoms with van der Waals surface area (Å²) in [6.45, 7) is 9.49. The zero-order valence-electron chi connectivity index (χ0n) is 13.8. The van der Waals surface area contributed by atoms with Crippen molar-refractivity contribution < 1.29 is 13.8 Å². The van der Waals surface area contributed by atoms with Gasteiger partial charge >= 0.3 is 0 Å². The first-order valence-electron chi connectivity index (χ1n) is 8.15. The Balaban J connectivity index is 1.41. The van der Waals surface area contributed by atoms with Gasteiger partial charge in [-0.3, -0.25) is 4.90 Å². The second kappa shape index (κ2) is 5.72. The van der Waals surface area contributed by atoms with Crippen LogP contribution in [0.3, 0.4) is 0 Å². The number of fused-ring (bicyclic) bond motifs is 1. The van der Waals surface area contributed by atoms with Crippen LogP contribution >= 0.6 is 0 Å². The quantitative estimate of drug-likeness (QED) is 0.848. The van der Waals surface area contributed by atoms with Crippen molar-refractivity contribution in [2.24, 2.45) is 11.8 Å². The summed E-state index contributed by atoms with van der Waals surface area (Å²) in [5, 5.41) is 7.92. The summed E-state index contributed by atoms with van der Waals surface area (Å²) in [4.78, 5) is 6.76. The third-order valence-electron chi connectivity index (χ3n) is 5.08. The Morgan fingerprint density at radius 3 is 2.70 bits per heavy atom. The van der Waals surface area contributed by atoms with Crippen LogP contribution in [0.4, 0.5) is 0 Å². The molecule has 0 spiro atoms. The highest BCUT2D eigenvalue weighted by Gasteiger charge is 2.44. The third-order valence-corrected chi connectivity index (χ3v) is 5.08. The first-order valence-corrected chi connectivity index (χ1v) is 8.15. The van der Waals surface area contributed by atoms with Gasteiger partial charge in [-0.15, -0.1) is 0 Å². The normalized spacial score (nSPS) is 27.7. The maximum absolute atomic E-state index is 6.01. The molecule has 3 atom stereocenters. The zero-order chi connectivity index (χ0) is 16.0. The van der Waals surface area contributed by atoms with Crippen LogP contribution in [0.1, 0.15) is 28.7 Å². The Morgan fingerprint density at radius 2 is 2.00 bits per heavy atom. The van der Waals surface area contributed by atoms with E-state index in [1.54, 1.807) is 0 Å². The lowest BCUT2D eigenvalue weighted by atomic mass is 9.90. The van der Waals surface area contributed by atoms with Crippen LogP contribution in [0.2, 0.25) is 0 Å². The van der Waals surface area contributed by atoms with Gasteiger partial charge in [0.05, 0.1) is 18.4 Å². The predicted octanol–water partition coefficient (Wildman–Crippen LogP) is 1.67. The van der Waals surface area contributed by atoms with Crippen molar-refractivity contribution in [1.29, 1.82) is 0 Å². The SMILES string of the molecule is Cc1noc(C[C@H]2CO[C@@H]3CN(Cc4c(C)noc4C)C[C@H]23)n1. The van der Waals surface area contributed by atoms with E-state index in [-0.39, 0.29) is 0 Å². The highest BCUT2D eigenvalue weighted by atomic mass is 16.5. The van der Waals surface area contributed by atoms with Gasteiger partial charge in [-0.05, 0) is 26.7 Å². The first kappa shape index (κ1) is 14.8. The number of aryl methyl sites for hydroxylation is 3. The second-order valence-corrected chi connectivity index (χ2v) is 6.73. The summed E-state index contributed by atoms with van der Waals surface area (Å²) in [5.41, 5.74) is 2.19. The number of ether oxygens (including phenoxy) is 1. The van der Waals surface area contributed by atoms with Crippen molar-refractivity contribution in [3.63, 3.8) is 0 Å². The standard InChI is InChI=1S/C16H22N4O3/c1-9-13(10(2)22-18-9)5-20-6-14-12(8-21-15(14)7-20)4-16-17-11(3)19-23-16/h12,14-15H,4-8H2,1-3H3/t12-,14+,15+/m0/s1. The summed E-state index contributed by atoms with van der Waals surface area (Å²) in [7, 11) is 0.